The molecule has 3 N–H and O–H groups in total. The quantitative estimate of drug-likeness (QED) is 0.268. The van der Waals surface area contributed by atoms with Gasteiger partial charge in [0, 0.05) is 22.9 Å². The third-order valence-electron chi connectivity index (χ3n) is 5.30. The first-order valence-corrected chi connectivity index (χ1v) is 11.8. The second-order valence-electron chi connectivity index (χ2n) is 9.27. The zero-order valence-electron chi connectivity index (χ0n) is 22.1. The number of anilines is 3. The molecule has 0 saturated carbocycles. The zero-order valence-corrected chi connectivity index (χ0v) is 22.1. The van der Waals surface area contributed by atoms with Crippen molar-refractivity contribution in [3.05, 3.63) is 72.0 Å². The highest BCUT2D eigenvalue weighted by Gasteiger charge is 2.20. The van der Waals surface area contributed by atoms with Crippen molar-refractivity contribution in [1.82, 2.24) is 15.1 Å². The Hall–Kier alpha value is -5.13. The first-order chi connectivity index (χ1) is 18.6. The molecule has 2 aromatic carbocycles. The number of carbonyl (C=O) groups is 2. The molecule has 0 aliphatic carbocycles. The number of hydrogen-bond acceptors (Lipinski definition) is 9. The normalized spacial score (nSPS) is 10.9. The predicted molar refractivity (Wildman–Crippen MR) is 144 cm³/mol. The summed E-state index contributed by atoms with van der Waals surface area (Å²) < 4.78 is 21.3. The monoisotopic (exact) mass is 532 g/mol. The van der Waals surface area contributed by atoms with E-state index in [1.165, 1.54) is 20.3 Å². The van der Waals surface area contributed by atoms with Gasteiger partial charge in [0.2, 0.25) is 11.8 Å². The van der Waals surface area contributed by atoms with E-state index in [1.807, 2.05) is 20.8 Å². The van der Waals surface area contributed by atoms with Crippen LogP contribution in [0.2, 0.25) is 0 Å². The predicted octanol–water partition coefficient (Wildman–Crippen LogP) is 5.47. The lowest BCUT2D eigenvalue weighted by atomic mass is 9.93. The maximum Gasteiger partial charge on any atom is 0.328 e. The van der Waals surface area contributed by atoms with Gasteiger partial charge in [0.1, 0.15) is 11.5 Å². The molecular weight excluding hydrogens is 504 g/mol. The summed E-state index contributed by atoms with van der Waals surface area (Å²) in [4.78, 5) is 33.6. The molecule has 4 rings (SSSR count). The molecule has 0 fully saturated rings. The SMILES string of the molecule is COc1cc(OC)nc(Oc2ccccc2C(=O)Nc2ccc(NC(=O)Nc3cc(C(C)(C)C)on3)cc2)n1. The third kappa shape index (κ3) is 7.01. The van der Waals surface area contributed by atoms with E-state index in [0.717, 1.165) is 0 Å². The van der Waals surface area contributed by atoms with E-state index in [1.54, 1.807) is 54.6 Å². The second-order valence-corrected chi connectivity index (χ2v) is 9.27. The summed E-state index contributed by atoms with van der Waals surface area (Å²) in [5, 5.41) is 12.0. The summed E-state index contributed by atoms with van der Waals surface area (Å²) in [6.45, 7) is 5.95. The van der Waals surface area contributed by atoms with Crippen molar-refractivity contribution in [3.8, 4) is 23.5 Å². The number of carbonyl (C=O) groups excluding carboxylic acids is 2. The number of urea groups is 1. The molecule has 4 aromatic rings. The maximum absolute atomic E-state index is 13.0. The Morgan fingerprint density at radius 2 is 1.44 bits per heavy atom. The molecule has 12 heteroatoms. The Bertz CT molecular complexity index is 1440. The van der Waals surface area contributed by atoms with Gasteiger partial charge in [-0.15, -0.1) is 0 Å². The number of aromatic nitrogens is 3. The van der Waals surface area contributed by atoms with Crippen LogP contribution < -0.4 is 30.2 Å². The van der Waals surface area contributed by atoms with Gasteiger partial charge >= 0.3 is 12.0 Å². The van der Waals surface area contributed by atoms with Gasteiger partial charge in [-0.2, -0.15) is 9.97 Å². The molecule has 0 saturated heterocycles. The van der Waals surface area contributed by atoms with Crippen LogP contribution in [0.15, 0.2) is 65.2 Å². The summed E-state index contributed by atoms with van der Waals surface area (Å²) in [6, 6.07) is 15.9. The molecule has 0 bridgehead atoms. The molecule has 0 aliphatic rings. The van der Waals surface area contributed by atoms with E-state index >= 15 is 0 Å². The fraction of sp³-hybridized carbons (Fsp3) is 0.222. The van der Waals surface area contributed by atoms with Crippen LogP contribution in [0.4, 0.5) is 22.0 Å². The van der Waals surface area contributed by atoms with Crippen molar-refractivity contribution in [2.24, 2.45) is 0 Å². The lowest BCUT2D eigenvalue weighted by Gasteiger charge is -2.12. The minimum atomic E-state index is -0.483. The summed E-state index contributed by atoms with van der Waals surface area (Å²) in [5.41, 5.74) is 1.04. The van der Waals surface area contributed by atoms with E-state index in [2.05, 4.69) is 31.1 Å². The van der Waals surface area contributed by atoms with Crippen LogP contribution in [-0.2, 0) is 5.41 Å². The van der Waals surface area contributed by atoms with Gasteiger partial charge in [-0.05, 0) is 36.4 Å². The van der Waals surface area contributed by atoms with E-state index in [0.29, 0.717) is 23.0 Å². The largest absolute Gasteiger partial charge is 0.481 e. The number of hydrogen-bond donors (Lipinski definition) is 3. The number of para-hydroxylation sites is 1. The van der Waals surface area contributed by atoms with Gasteiger partial charge in [0.25, 0.3) is 5.91 Å². The number of rotatable bonds is 8. The number of nitrogens with zero attached hydrogens (tertiary/aromatic N) is 3. The number of methoxy groups -OCH3 is 2. The average molecular weight is 533 g/mol. The van der Waals surface area contributed by atoms with E-state index in [9.17, 15) is 9.59 Å². The highest BCUT2D eigenvalue weighted by Crippen LogP contribution is 2.28. The molecule has 0 atom stereocenters. The van der Waals surface area contributed by atoms with Crippen molar-refractivity contribution < 1.29 is 28.3 Å². The van der Waals surface area contributed by atoms with E-state index in [4.69, 9.17) is 18.7 Å². The Kier molecular flexibility index (Phi) is 7.94. The molecule has 12 nitrogen and oxygen atoms in total. The summed E-state index contributed by atoms with van der Waals surface area (Å²) in [5.74, 6) is 1.27. The number of amides is 3. The molecule has 2 heterocycles. The lowest BCUT2D eigenvalue weighted by molar-refractivity contribution is 0.102. The minimum Gasteiger partial charge on any atom is -0.481 e. The van der Waals surface area contributed by atoms with Crippen LogP contribution in [0.5, 0.6) is 23.5 Å². The number of nitrogens with one attached hydrogen (secondary N) is 3. The molecular formula is C27H28N6O6. The number of ether oxygens (including phenoxy) is 3. The molecule has 0 radical (unpaired) electrons. The van der Waals surface area contributed by atoms with Crippen LogP contribution in [0.25, 0.3) is 0 Å². The van der Waals surface area contributed by atoms with Crippen molar-refractivity contribution in [2.75, 3.05) is 30.2 Å². The van der Waals surface area contributed by atoms with Crippen LogP contribution in [0.3, 0.4) is 0 Å². The summed E-state index contributed by atoms with van der Waals surface area (Å²) >= 11 is 0. The van der Waals surface area contributed by atoms with Gasteiger partial charge in [0.15, 0.2) is 5.82 Å². The smallest absolute Gasteiger partial charge is 0.328 e. The Balaban J connectivity index is 1.39. The molecule has 3 amide bonds. The highest BCUT2D eigenvalue weighted by atomic mass is 16.5. The Morgan fingerprint density at radius 1 is 0.821 bits per heavy atom. The second kappa shape index (κ2) is 11.5. The molecule has 0 spiro atoms. The Morgan fingerprint density at radius 3 is 2.03 bits per heavy atom. The molecule has 39 heavy (non-hydrogen) atoms. The molecule has 2 aromatic heterocycles. The Labute approximate surface area is 224 Å². The van der Waals surface area contributed by atoms with Crippen molar-refractivity contribution >= 4 is 29.1 Å². The fourth-order valence-corrected chi connectivity index (χ4v) is 3.28. The van der Waals surface area contributed by atoms with Gasteiger partial charge < -0.3 is 29.4 Å². The zero-order chi connectivity index (χ0) is 28.0. The van der Waals surface area contributed by atoms with Crippen LogP contribution >= 0.6 is 0 Å². The van der Waals surface area contributed by atoms with Crippen molar-refractivity contribution in [2.45, 2.75) is 26.2 Å². The minimum absolute atomic E-state index is 0.0413. The third-order valence-corrected chi connectivity index (χ3v) is 5.30. The summed E-state index contributed by atoms with van der Waals surface area (Å²) in [6.07, 6.45) is 0. The van der Waals surface area contributed by atoms with Crippen LogP contribution in [0, 0.1) is 0 Å². The van der Waals surface area contributed by atoms with Gasteiger partial charge in [-0.3, -0.25) is 10.1 Å². The van der Waals surface area contributed by atoms with Crippen molar-refractivity contribution in [1.29, 1.82) is 0 Å². The summed E-state index contributed by atoms with van der Waals surface area (Å²) in [7, 11) is 2.92. The lowest BCUT2D eigenvalue weighted by Crippen LogP contribution is -2.19. The van der Waals surface area contributed by atoms with Crippen LogP contribution in [0.1, 0.15) is 36.9 Å². The van der Waals surface area contributed by atoms with E-state index in [-0.39, 0.29) is 34.5 Å². The average Bonchev–Trinajstić information content (AvgIpc) is 3.39. The highest BCUT2D eigenvalue weighted by molar-refractivity contribution is 6.06. The molecule has 0 unspecified atom stereocenters. The van der Waals surface area contributed by atoms with Crippen LogP contribution in [-0.4, -0.2) is 41.3 Å². The molecule has 202 valence electrons. The van der Waals surface area contributed by atoms with Gasteiger partial charge in [-0.1, -0.05) is 38.1 Å². The first kappa shape index (κ1) is 26.9. The first-order valence-electron chi connectivity index (χ1n) is 11.8. The van der Waals surface area contributed by atoms with Gasteiger partial charge in [0.05, 0.1) is 25.8 Å². The number of benzene rings is 2. The fourth-order valence-electron chi connectivity index (χ4n) is 3.28. The molecule has 0 aliphatic heterocycles. The standard InChI is InChI=1S/C27H28N6O6/c1-27(2,3)20-14-21(33-39-20)30-25(35)29-17-12-10-16(11-13-17)28-24(34)18-8-6-7-9-19(18)38-26-31-22(36-4)15-23(32-26)37-5/h6-15H,1-5H3,(H,28,34)(H2,29,30,33,35). The van der Waals surface area contributed by atoms with Gasteiger partial charge in [-0.25, -0.2) is 4.79 Å². The van der Waals surface area contributed by atoms with Crippen molar-refractivity contribution in [3.63, 3.8) is 0 Å². The maximum atomic E-state index is 13.0. The topological polar surface area (TPSA) is 150 Å². The van der Waals surface area contributed by atoms with E-state index < -0.39 is 11.9 Å².